The van der Waals surface area contributed by atoms with E-state index in [1.165, 1.54) is 12.1 Å². The van der Waals surface area contributed by atoms with Crippen LogP contribution in [0, 0.1) is 5.82 Å². The van der Waals surface area contributed by atoms with Gasteiger partial charge in [-0.05, 0) is 47.5 Å². The van der Waals surface area contributed by atoms with Gasteiger partial charge < -0.3 is 9.47 Å². The number of carbonyl (C=O) groups excluding carboxylic acids is 1. The average molecular weight is 415 g/mol. The Morgan fingerprint density at radius 3 is 2.61 bits per heavy atom. The van der Waals surface area contributed by atoms with Gasteiger partial charge in [0.15, 0.2) is 5.76 Å². The van der Waals surface area contributed by atoms with Crippen molar-refractivity contribution in [2.24, 2.45) is 0 Å². The van der Waals surface area contributed by atoms with Crippen molar-refractivity contribution in [2.45, 2.75) is 6.61 Å². The zero-order valence-corrected chi connectivity index (χ0v) is 15.9. The van der Waals surface area contributed by atoms with Gasteiger partial charge >= 0.3 is 0 Å². The third-order valence-corrected chi connectivity index (χ3v) is 5.06. The summed E-state index contributed by atoms with van der Waals surface area (Å²) in [5, 5.41) is 0.753. The minimum atomic E-state index is -0.299. The molecule has 3 aromatic rings. The first-order valence-electron chi connectivity index (χ1n) is 8.41. The van der Waals surface area contributed by atoms with Crippen LogP contribution in [0.2, 0.25) is 10.0 Å². The summed E-state index contributed by atoms with van der Waals surface area (Å²) in [5.41, 5.74) is 1.87. The number of carbonyl (C=O) groups is 1. The van der Waals surface area contributed by atoms with Gasteiger partial charge in [0.1, 0.15) is 23.9 Å². The van der Waals surface area contributed by atoms with Gasteiger partial charge in [0, 0.05) is 6.07 Å². The predicted octanol–water partition coefficient (Wildman–Crippen LogP) is 6.33. The average Bonchev–Trinajstić information content (AvgIpc) is 3.00. The maximum Gasteiger partial charge on any atom is 0.231 e. The van der Waals surface area contributed by atoms with E-state index in [2.05, 4.69) is 0 Å². The summed E-state index contributed by atoms with van der Waals surface area (Å²) in [6.07, 6.45) is 1.57. The van der Waals surface area contributed by atoms with Crippen LogP contribution in [0.15, 0.2) is 66.4 Å². The molecule has 140 valence electrons. The minimum Gasteiger partial charge on any atom is -0.489 e. The van der Waals surface area contributed by atoms with Crippen LogP contribution in [0.3, 0.4) is 0 Å². The molecule has 4 rings (SSSR count). The Hall–Kier alpha value is -2.82. The first kappa shape index (κ1) is 18.5. The number of halogens is 3. The smallest absolute Gasteiger partial charge is 0.231 e. The molecule has 3 nitrogen and oxygen atoms in total. The van der Waals surface area contributed by atoms with Gasteiger partial charge in [0.05, 0.1) is 15.6 Å². The van der Waals surface area contributed by atoms with Crippen LogP contribution in [0.1, 0.15) is 21.5 Å². The molecule has 0 radical (unpaired) electrons. The highest BCUT2D eigenvalue weighted by Crippen LogP contribution is 2.36. The molecular weight excluding hydrogens is 402 g/mol. The number of ketones is 1. The van der Waals surface area contributed by atoms with Crippen LogP contribution in [-0.4, -0.2) is 5.78 Å². The predicted molar refractivity (Wildman–Crippen MR) is 107 cm³/mol. The molecule has 0 aliphatic carbocycles. The van der Waals surface area contributed by atoms with E-state index in [-0.39, 0.29) is 24.0 Å². The number of hydrogen-bond donors (Lipinski definition) is 0. The Morgan fingerprint density at radius 1 is 1.04 bits per heavy atom. The van der Waals surface area contributed by atoms with Crippen molar-refractivity contribution < 1.29 is 18.7 Å². The zero-order chi connectivity index (χ0) is 19.7. The van der Waals surface area contributed by atoms with E-state index in [0.29, 0.717) is 32.7 Å². The van der Waals surface area contributed by atoms with Crippen molar-refractivity contribution in [3.63, 3.8) is 0 Å². The molecule has 0 amide bonds. The molecular formula is C22H13Cl2FO3. The summed E-state index contributed by atoms with van der Waals surface area (Å²) in [6, 6.07) is 16.2. The molecule has 0 saturated heterocycles. The molecule has 0 unspecified atom stereocenters. The quantitative estimate of drug-likeness (QED) is 0.468. The fourth-order valence-electron chi connectivity index (χ4n) is 2.78. The van der Waals surface area contributed by atoms with E-state index < -0.39 is 0 Å². The van der Waals surface area contributed by atoms with Crippen LogP contribution < -0.4 is 9.47 Å². The Morgan fingerprint density at radius 2 is 1.82 bits per heavy atom. The summed E-state index contributed by atoms with van der Waals surface area (Å²) in [6.45, 7) is 0.272. The Bertz CT molecular complexity index is 1090. The van der Waals surface area contributed by atoms with Crippen LogP contribution in [0.4, 0.5) is 4.39 Å². The number of hydrogen-bond acceptors (Lipinski definition) is 3. The largest absolute Gasteiger partial charge is 0.489 e. The molecule has 0 fully saturated rings. The number of ether oxygens (including phenoxy) is 2. The van der Waals surface area contributed by atoms with E-state index in [1.807, 2.05) is 0 Å². The third-order valence-electron chi connectivity index (χ3n) is 4.23. The fraction of sp³-hybridized carbons (Fsp3) is 0.0455. The number of Topliss-reactive ketones (excluding diaryl/α,β-unsaturated/α-hetero) is 1. The molecule has 6 heteroatoms. The highest BCUT2D eigenvalue weighted by molar-refractivity contribution is 6.43. The summed E-state index contributed by atoms with van der Waals surface area (Å²) in [4.78, 5) is 12.6. The van der Waals surface area contributed by atoms with Crippen LogP contribution in [0.25, 0.3) is 6.08 Å². The van der Waals surface area contributed by atoms with Gasteiger partial charge in [-0.3, -0.25) is 4.79 Å². The topological polar surface area (TPSA) is 35.5 Å². The van der Waals surface area contributed by atoms with Gasteiger partial charge in [0.2, 0.25) is 5.78 Å². The van der Waals surface area contributed by atoms with E-state index in [4.69, 9.17) is 32.7 Å². The fourth-order valence-corrected chi connectivity index (χ4v) is 3.14. The molecule has 3 aromatic carbocycles. The second kappa shape index (κ2) is 7.66. The lowest BCUT2D eigenvalue weighted by atomic mass is 10.1. The van der Waals surface area contributed by atoms with Gasteiger partial charge in [-0.25, -0.2) is 4.39 Å². The Kier molecular flexibility index (Phi) is 5.07. The molecule has 1 heterocycles. The lowest BCUT2D eigenvalue weighted by Gasteiger charge is -2.07. The van der Waals surface area contributed by atoms with Crippen molar-refractivity contribution in [3.05, 3.63) is 99.0 Å². The van der Waals surface area contributed by atoms with E-state index in [9.17, 15) is 9.18 Å². The first-order valence-corrected chi connectivity index (χ1v) is 9.16. The number of allylic oxidation sites excluding steroid dienone is 1. The third kappa shape index (κ3) is 3.75. The lowest BCUT2D eigenvalue weighted by Crippen LogP contribution is -1.98. The van der Waals surface area contributed by atoms with E-state index in [0.717, 1.165) is 5.56 Å². The van der Waals surface area contributed by atoms with Gasteiger partial charge in [-0.15, -0.1) is 0 Å². The molecule has 0 atom stereocenters. The van der Waals surface area contributed by atoms with Crippen LogP contribution in [-0.2, 0) is 6.61 Å². The standard InChI is InChI=1S/C22H13Cl2FO3/c23-18-3-1-2-14(21(18)24)10-20-22(26)17-9-8-16(11-19(17)28-20)27-12-13-4-6-15(25)7-5-13/h1-11H,12H2. The van der Waals surface area contributed by atoms with Crippen molar-refractivity contribution >= 4 is 35.1 Å². The monoisotopic (exact) mass is 414 g/mol. The maximum atomic E-state index is 13.0. The number of rotatable bonds is 4. The molecule has 0 bridgehead atoms. The number of benzene rings is 3. The minimum absolute atomic E-state index is 0.162. The zero-order valence-electron chi connectivity index (χ0n) is 14.4. The van der Waals surface area contributed by atoms with Crippen molar-refractivity contribution in [2.75, 3.05) is 0 Å². The molecule has 0 saturated carbocycles. The number of fused-ring (bicyclic) bond motifs is 1. The van der Waals surface area contributed by atoms with E-state index in [1.54, 1.807) is 54.6 Å². The molecule has 0 spiro atoms. The van der Waals surface area contributed by atoms with Crippen LogP contribution in [0.5, 0.6) is 11.5 Å². The highest BCUT2D eigenvalue weighted by Gasteiger charge is 2.28. The second-order valence-electron chi connectivity index (χ2n) is 6.16. The summed E-state index contributed by atoms with van der Waals surface area (Å²) < 4.78 is 24.4. The molecule has 1 aliphatic heterocycles. The van der Waals surface area contributed by atoms with Gasteiger partial charge in [0.25, 0.3) is 0 Å². The first-order chi connectivity index (χ1) is 13.5. The van der Waals surface area contributed by atoms with E-state index >= 15 is 0 Å². The van der Waals surface area contributed by atoms with Gasteiger partial charge in [-0.1, -0.05) is 47.5 Å². The normalized spacial score (nSPS) is 14.1. The summed E-state index contributed by atoms with van der Waals surface area (Å²) >= 11 is 12.2. The van der Waals surface area contributed by atoms with Gasteiger partial charge in [-0.2, -0.15) is 0 Å². The summed E-state index contributed by atoms with van der Waals surface area (Å²) in [5.74, 6) is 0.571. The Balaban J connectivity index is 1.53. The van der Waals surface area contributed by atoms with Crippen molar-refractivity contribution in [1.82, 2.24) is 0 Å². The van der Waals surface area contributed by atoms with Crippen LogP contribution >= 0.6 is 23.2 Å². The summed E-state index contributed by atoms with van der Waals surface area (Å²) in [7, 11) is 0. The Labute approximate surface area is 170 Å². The van der Waals surface area contributed by atoms with Crippen molar-refractivity contribution in [1.29, 1.82) is 0 Å². The molecule has 28 heavy (non-hydrogen) atoms. The second-order valence-corrected chi connectivity index (χ2v) is 6.94. The highest BCUT2D eigenvalue weighted by atomic mass is 35.5. The lowest BCUT2D eigenvalue weighted by molar-refractivity contribution is 0.101. The maximum absolute atomic E-state index is 13.0. The molecule has 0 aromatic heterocycles. The molecule has 0 N–H and O–H groups in total. The molecule has 1 aliphatic rings. The van der Waals surface area contributed by atoms with Crippen molar-refractivity contribution in [3.8, 4) is 11.5 Å². The SMILES string of the molecule is O=C1C(=Cc2cccc(Cl)c2Cl)Oc2cc(OCc3ccc(F)cc3)ccc21.